The molecule has 0 fully saturated rings. The molecule has 1 unspecified atom stereocenters. The summed E-state index contributed by atoms with van der Waals surface area (Å²) in [7, 11) is 0. The van der Waals surface area contributed by atoms with Crippen molar-refractivity contribution in [2.75, 3.05) is 0 Å². The molecule has 0 bridgehead atoms. The van der Waals surface area contributed by atoms with E-state index in [9.17, 15) is 13.3 Å². The molecule has 0 aliphatic rings. The van der Waals surface area contributed by atoms with E-state index in [2.05, 4.69) is 4.40 Å². The maximum absolute atomic E-state index is 12.8. The Balaban J connectivity index is 2.81. The van der Waals surface area contributed by atoms with Gasteiger partial charge >= 0.3 is 0 Å². The molecule has 0 heterocycles. The predicted octanol–water partition coefficient (Wildman–Crippen LogP) is 2.85. The van der Waals surface area contributed by atoms with Gasteiger partial charge in [0.05, 0.1) is 6.21 Å². The van der Waals surface area contributed by atoms with Gasteiger partial charge in [-0.25, -0.2) is 8.78 Å². The molecular weight excluding hydrogens is 232 g/mol. The SMILES string of the molecule is CC(C)(C)[S+]([O-])/N=C/c1ccc(F)c(F)c1. The van der Waals surface area contributed by atoms with Gasteiger partial charge in [0, 0.05) is 5.56 Å². The van der Waals surface area contributed by atoms with E-state index in [0.717, 1.165) is 12.1 Å². The second kappa shape index (κ2) is 4.93. The summed E-state index contributed by atoms with van der Waals surface area (Å²) in [6.07, 6.45) is 1.28. The highest BCUT2D eigenvalue weighted by Crippen LogP contribution is 2.17. The van der Waals surface area contributed by atoms with Crippen molar-refractivity contribution >= 4 is 17.6 Å². The van der Waals surface area contributed by atoms with Crippen molar-refractivity contribution < 1.29 is 13.3 Å². The molecule has 0 aromatic heterocycles. The van der Waals surface area contributed by atoms with Crippen molar-refractivity contribution in [3.05, 3.63) is 35.4 Å². The normalized spacial score (nSPS) is 14.4. The highest BCUT2D eigenvalue weighted by atomic mass is 32.2. The second-order valence-corrected chi connectivity index (χ2v) is 6.20. The first-order valence-corrected chi connectivity index (χ1v) is 5.82. The third kappa shape index (κ3) is 3.57. The van der Waals surface area contributed by atoms with Gasteiger partial charge in [-0.05, 0) is 32.9 Å². The van der Waals surface area contributed by atoms with Crippen LogP contribution in [0.3, 0.4) is 0 Å². The molecule has 2 nitrogen and oxygen atoms in total. The quantitative estimate of drug-likeness (QED) is 0.583. The minimum Gasteiger partial charge on any atom is -0.591 e. The predicted molar refractivity (Wildman–Crippen MR) is 61.8 cm³/mol. The maximum atomic E-state index is 12.8. The van der Waals surface area contributed by atoms with Gasteiger partial charge < -0.3 is 4.55 Å². The van der Waals surface area contributed by atoms with Crippen molar-refractivity contribution in [3.8, 4) is 0 Å². The van der Waals surface area contributed by atoms with Gasteiger partial charge in [-0.2, -0.15) is 0 Å². The average Bonchev–Trinajstić information content (AvgIpc) is 2.18. The lowest BCUT2D eigenvalue weighted by molar-refractivity contribution is 0.508. The highest BCUT2D eigenvalue weighted by Gasteiger charge is 2.25. The molecule has 88 valence electrons. The third-order valence-corrected chi connectivity index (χ3v) is 3.11. The molecule has 0 amide bonds. The number of hydrogen-bond acceptors (Lipinski definition) is 2. The molecule has 5 heteroatoms. The Morgan fingerprint density at radius 3 is 2.38 bits per heavy atom. The van der Waals surface area contributed by atoms with Crippen LogP contribution in [0, 0.1) is 11.6 Å². The zero-order valence-electron chi connectivity index (χ0n) is 9.33. The Hall–Kier alpha value is -0.940. The topological polar surface area (TPSA) is 35.4 Å². The smallest absolute Gasteiger partial charge is 0.159 e. The lowest BCUT2D eigenvalue weighted by Crippen LogP contribution is -2.25. The Morgan fingerprint density at radius 1 is 1.25 bits per heavy atom. The fraction of sp³-hybridized carbons (Fsp3) is 0.364. The molecule has 0 N–H and O–H groups in total. The van der Waals surface area contributed by atoms with Crippen molar-refractivity contribution in [3.63, 3.8) is 0 Å². The second-order valence-electron chi connectivity index (χ2n) is 4.27. The number of rotatable bonds is 2. The van der Waals surface area contributed by atoms with Crippen LogP contribution in [0.5, 0.6) is 0 Å². The standard InChI is InChI=1S/C11H13F2NOS/c1-11(2,3)16(15)14-7-8-4-5-9(12)10(13)6-8/h4-7H,1-3H3/b14-7+. The maximum Gasteiger partial charge on any atom is 0.159 e. The third-order valence-electron chi connectivity index (χ3n) is 1.77. The molecular formula is C11H13F2NOS. The van der Waals surface area contributed by atoms with Crippen molar-refractivity contribution in [2.45, 2.75) is 25.5 Å². The zero-order valence-corrected chi connectivity index (χ0v) is 10.1. The lowest BCUT2D eigenvalue weighted by atomic mass is 10.2. The van der Waals surface area contributed by atoms with Crippen LogP contribution in [0.25, 0.3) is 0 Å². The van der Waals surface area contributed by atoms with E-state index >= 15 is 0 Å². The summed E-state index contributed by atoms with van der Waals surface area (Å²) in [6, 6.07) is 3.40. The summed E-state index contributed by atoms with van der Waals surface area (Å²) in [5.74, 6) is -1.85. The largest absolute Gasteiger partial charge is 0.591 e. The van der Waals surface area contributed by atoms with Crippen LogP contribution in [0.1, 0.15) is 26.3 Å². The summed E-state index contributed by atoms with van der Waals surface area (Å²) < 4.78 is 40.3. The Labute approximate surface area is 96.7 Å². The van der Waals surface area contributed by atoms with Gasteiger partial charge in [0.1, 0.15) is 16.1 Å². The monoisotopic (exact) mass is 245 g/mol. The number of hydrogen-bond donors (Lipinski definition) is 0. The van der Waals surface area contributed by atoms with Crippen LogP contribution in [0.15, 0.2) is 22.6 Å². The summed E-state index contributed by atoms with van der Waals surface area (Å²) in [5, 5.41) is 0. The minimum absolute atomic E-state index is 0.386. The summed E-state index contributed by atoms with van der Waals surface area (Å²) in [6.45, 7) is 5.35. The number of halogens is 2. The molecule has 0 spiro atoms. The molecule has 0 radical (unpaired) electrons. The fourth-order valence-electron chi connectivity index (χ4n) is 0.860. The van der Waals surface area contributed by atoms with Crippen LogP contribution >= 0.6 is 0 Å². The molecule has 1 aromatic rings. The first-order chi connectivity index (χ1) is 7.30. The van der Waals surface area contributed by atoms with E-state index in [1.165, 1.54) is 12.3 Å². The summed E-state index contributed by atoms with van der Waals surface area (Å²) in [5.41, 5.74) is 0.386. The zero-order chi connectivity index (χ0) is 12.3. The van der Waals surface area contributed by atoms with Crippen molar-refractivity contribution in [1.29, 1.82) is 0 Å². The van der Waals surface area contributed by atoms with E-state index in [1.54, 1.807) is 20.8 Å². The first-order valence-electron chi connectivity index (χ1n) is 4.72. The molecule has 1 aromatic carbocycles. The van der Waals surface area contributed by atoms with Crippen molar-refractivity contribution in [1.82, 2.24) is 0 Å². The van der Waals surface area contributed by atoms with Gasteiger partial charge in [-0.1, -0.05) is 10.5 Å². The van der Waals surface area contributed by atoms with Crippen LogP contribution in [0.2, 0.25) is 0 Å². The fourth-order valence-corrected chi connectivity index (χ4v) is 1.39. The first kappa shape index (κ1) is 13.1. The highest BCUT2D eigenvalue weighted by molar-refractivity contribution is 7.91. The van der Waals surface area contributed by atoms with Crippen LogP contribution in [-0.4, -0.2) is 15.5 Å². The number of nitrogens with zero attached hydrogens (tertiary/aromatic N) is 1. The van der Waals surface area contributed by atoms with Gasteiger partial charge in [-0.15, -0.1) is 0 Å². The lowest BCUT2D eigenvalue weighted by Gasteiger charge is -2.17. The van der Waals surface area contributed by atoms with Gasteiger partial charge in [0.25, 0.3) is 0 Å². The van der Waals surface area contributed by atoms with Crippen molar-refractivity contribution in [2.24, 2.45) is 4.40 Å². The van der Waals surface area contributed by atoms with E-state index < -0.39 is 27.7 Å². The molecule has 1 atom stereocenters. The molecule has 0 saturated carbocycles. The molecule has 1 rings (SSSR count). The van der Waals surface area contributed by atoms with E-state index in [0.29, 0.717) is 5.56 Å². The minimum atomic E-state index is -1.40. The van der Waals surface area contributed by atoms with E-state index in [4.69, 9.17) is 0 Å². The van der Waals surface area contributed by atoms with Crippen LogP contribution in [0.4, 0.5) is 8.78 Å². The number of benzene rings is 1. The average molecular weight is 245 g/mol. The molecule has 0 aliphatic heterocycles. The molecule has 16 heavy (non-hydrogen) atoms. The van der Waals surface area contributed by atoms with E-state index in [-0.39, 0.29) is 0 Å². The van der Waals surface area contributed by atoms with Gasteiger partial charge in [0.15, 0.2) is 11.6 Å². The van der Waals surface area contributed by atoms with Gasteiger partial charge in [0.2, 0.25) is 0 Å². The van der Waals surface area contributed by atoms with Crippen LogP contribution in [-0.2, 0) is 11.4 Å². The van der Waals surface area contributed by atoms with E-state index in [1.807, 2.05) is 0 Å². The Morgan fingerprint density at radius 2 is 1.88 bits per heavy atom. The Bertz CT molecular complexity index is 401. The molecule has 0 saturated heterocycles. The van der Waals surface area contributed by atoms with Gasteiger partial charge in [-0.3, -0.25) is 0 Å². The molecule has 0 aliphatic carbocycles. The summed E-state index contributed by atoms with van der Waals surface area (Å²) >= 11 is -1.40. The Kier molecular flexibility index (Phi) is 4.04. The summed E-state index contributed by atoms with van der Waals surface area (Å²) in [4.78, 5) is 0. The van der Waals surface area contributed by atoms with Crippen LogP contribution < -0.4 is 0 Å².